The second kappa shape index (κ2) is 4.65. The highest BCUT2D eigenvalue weighted by Gasteiger charge is 2.07. The van der Waals surface area contributed by atoms with Crippen LogP contribution >= 0.6 is 0 Å². The molecule has 0 bridgehead atoms. The van der Waals surface area contributed by atoms with E-state index in [0.29, 0.717) is 0 Å². The highest BCUT2D eigenvalue weighted by atomic mass is 14.6. The molecule has 4 N–H and O–H groups in total. The van der Waals surface area contributed by atoms with Crippen LogP contribution in [0, 0.1) is 0 Å². The van der Waals surface area contributed by atoms with Crippen molar-refractivity contribution in [2.24, 2.45) is 0 Å². The molecule has 2 nitrogen and oxygen atoms in total. The molecule has 0 atom stereocenters. The molecular weight excluding hydrogens is 232 g/mol. The van der Waals surface area contributed by atoms with Crippen LogP contribution in [-0.4, -0.2) is 0 Å². The topological polar surface area (TPSA) is 52.0 Å². The highest BCUT2D eigenvalue weighted by Crippen LogP contribution is 2.30. The van der Waals surface area contributed by atoms with E-state index in [1.54, 1.807) is 0 Å². The van der Waals surface area contributed by atoms with Crippen molar-refractivity contribution in [1.82, 2.24) is 0 Å². The quantitative estimate of drug-likeness (QED) is 0.681. The van der Waals surface area contributed by atoms with Gasteiger partial charge in [-0.05, 0) is 35.1 Å². The standard InChI is InChI=1S/C17H16N2/c18-15-8-4-7-14-13(9-10-16(19)17(14)15)11-12-5-2-1-3-6-12/h1-10H,11,18-19H2. The first kappa shape index (κ1) is 11.6. The molecule has 94 valence electrons. The monoisotopic (exact) mass is 248 g/mol. The molecule has 0 radical (unpaired) electrons. The number of benzene rings is 3. The molecule has 0 aliphatic rings. The Labute approximate surface area is 112 Å². The lowest BCUT2D eigenvalue weighted by Crippen LogP contribution is -1.96. The van der Waals surface area contributed by atoms with Gasteiger partial charge in [0, 0.05) is 16.8 Å². The lowest BCUT2D eigenvalue weighted by molar-refractivity contribution is 1.21. The highest BCUT2D eigenvalue weighted by molar-refractivity contribution is 6.03. The molecule has 0 heterocycles. The molecule has 0 fully saturated rings. The Bertz CT molecular complexity index is 710. The van der Waals surface area contributed by atoms with Gasteiger partial charge in [-0.25, -0.2) is 0 Å². The van der Waals surface area contributed by atoms with Crippen LogP contribution in [-0.2, 0) is 6.42 Å². The third kappa shape index (κ3) is 2.13. The summed E-state index contributed by atoms with van der Waals surface area (Å²) in [5.41, 5.74) is 16.1. The zero-order valence-electron chi connectivity index (χ0n) is 10.6. The third-order valence-corrected chi connectivity index (χ3v) is 3.43. The van der Waals surface area contributed by atoms with E-state index >= 15 is 0 Å². The van der Waals surface area contributed by atoms with Crippen molar-refractivity contribution in [1.29, 1.82) is 0 Å². The van der Waals surface area contributed by atoms with E-state index in [-0.39, 0.29) is 0 Å². The molecule has 0 amide bonds. The summed E-state index contributed by atoms with van der Waals surface area (Å²) < 4.78 is 0. The van der Waals surface area contributed by atoms with Gasteiger partial charge in [0.2, 0.25) is 0 Å². The Morgan fingerprint density at radius 1 is 0.684 bits per heavy atom. The molecule has 0 aliphatic carbocycles. The zero-order chi connectivity index (χ0) is 13.2. The normalized spacial score (nSPS) is 10.7. The Balaban J connectivity index is 2.15. The fraction of sp³-hybridized carbons (Fsp3) is 0.0588. The number of nitrogen functional groups attached to an aromatic ring is 2. The predicted molar refractivity (Wildman–Crippen MR) is 82.0 cm³/mol. The van der Waals surface area contributed by atoms with Crippen molar-refractivity contribution < 1.29 is 0 Å². The van der Waals surface area contributed by atoms with Crippen LogP contribution < -0.4 is 11.5 Å². The van der Waals surface area contributed by atoms with Crippen LogP contribution in [0.2, 0.25) is 0 Å². The minimum Gasteiger partial charge on any atom is -0.398 e. The van der Waals surface area contributed by atoms with Crippen LogP contribution in [0.5, 0.6) is 0 Å². The summed E-state index contributed by atoms with van der Waals surface area (Å²) in [5, 5.41) is 2.11. The Hall–Kier alpha value is -2.48. The van der Waals surface area contributed by atoms with Crippen LogP contribution in [0.4, 0.5) is 11.4 Å². The van der Waals surface area contributed by atoms with E-state index in [1.807, 2.05) is 24.3 Å². The average Bonchev–Trinajstić information content (AvgIpc) is 2.43. The smallest absolute Gasteiger partial charge is 0.0414 e. The van der Waals surface area contributed by atoms with Crippen molar-refractivity contribution >= 4 is 22.1 Å². The largest absolute Gasteiger partial charge is 0.398 e. The first-order valence-electron chi connectivity index (χ1n) is 6.35. The SMILES string of the molecule is Nc1cccc2c(Cc3ccccc3)ccc(N)c12. The maximum atomic E-state index is 6.04. The zero-order valence-corrected chi connectivity index (χ0v) is 10.6. The van der Waals surface area contributed by atoms with Gasteiger partial charge in [-0.15, -0.1) is 0 Å². The van der Waals surface area contributed by atoms with Crippen molar-refractivity contribution in [3.8, 4) is 0 Å². The lowest BCUT2D eigenvalue weighted by Gasteiger charge is -2.11. The van der Waals surface area contributed by atoms with E-state index in [1.165, 1.54) is 11.1 Å². The van der Waals surface area contributed by atoms with E-state index in [9.17, 15) is 0 Å². The fourth-order valence-electron chi connectivity index (χ4n) is 2.49. The second-order valence-electron chi connectivity index (χ2n) is 4.75. The van der Waals surface area contributed by atoms with Gasteiger partial charge in [0.05, 0.1) is 0 Å². The summed E-state index contributed by atoms with van der Waals surface area (Å²) in [7, 11) is 0. The molecule has 19 heavy (non-hydrogen) atoms. The number of hydrogen-bond donors (Lipinski definition) is 2. The number of rotatable bonds is 2. The van der Waals surface area contributed by atoms with E-state index in [2.05, 4.69) is 36.4 Å². The maximum Gasteiger partial charge on any atom is 0.0414 e. The van der Waals surface area contributed by atoms with Gasteiger partial charge in [0.1, 0.15) is 0 Å². The Morgan fingerprint density at radius 3 is 2.21 bits per heavy atom. The average molecular weight is 248 g/mol. The second-order valence-corrected chi connectivity index (χ2v) is 4.75. The summed E-state index contributed by atoms with van der Waals surface area (Å²) >= 11 is 0. The Kier molecular flexibility index (Phi) is 2.84. The van der Waals surface area contributed by atoms with Crippen molar-refractivity contribution in [3.05, 3.63) is 71.8 Å². The van der Waals surface area contributed by atoms with Crippen LogP contribution in [0.25, 0.3) is 10.8 Å². The lowest BCUT2D eigenvalue weighted by atomic mass is 9.96. The summed E-state index contributed by atoms with van der Waals surface area (Å²) in [4.78, 5) is 0. The van der Waals surface area contributed by atoms with E-state index in [0.717, 1.165) is 28.6 Å². The molecule has 3 rings (SSSR count). The van der Waals surface area contributed by atoms with Crippen molar-refractivity contribution in [2.75, 3.05) is 11.5 Å². The van der Waals surface area contributed by atoms with Crippen LogP contribution in [0.3, 0.4) is 0 Å². The van der Waals surface area contributed by atoms with Gasteiger partial charge in [-0.2, -0.15) is 0 Å². The Morgan fingerprint density at radius 2 is 1.42 bits per heavy atom. The van der Waals surface area contributed by atoms with Crippen LogP contribution in [0.1, 0.15) is 11.1 Å². The number of nitrogens with two attached hydrogens (primary N) is 2. The van der Waals surface area contributed by atoms with E-state index < -0.39 is 0 Å². The summed E-state index contributed by atoms with van der Waals surface area (Å²) in [6.45, 7) is 0. The first-order valence-corrected chi connectivity index (χ1v) is 6.35. The predicted octanol–water partition coefficient (Wildman–Crippen LogP) is 3.60. The van der Waals surface area contributed by atoms with Gasteiger partial charge in [-0.1, -0.05) is 48.5 Å². The molecule has 3 aromatic rings. The fourth-order valence-corrected chi connectivity index (χ4v) is 2.49. The van der Waals surface area contributed by atoms with Gasteiger partial charge in [0.15, 0.2) is 0 Å². The molecule has 0 spiro atoms. The number of hydrogen-bond acceptors (Lipinski definition) is 2. The summed E-state index contributed by atoms with van der Waals surface area (Å²) in [6.07, 6.45) is 0.890. The van der Waals surface area contributed by atoms with Gasteiger partial charge >= 0.3 is 0 Å². The number of fused-ring (bicyclic) bond motifs is 1. The molecule has 0 aliphatic heterocycles. The molecular formula is C17H16N2. The van der Waals surface area contributed by atoms with Crippen LogP contribution in [0.15, 0.2) is 60.7 Å². The summed E-state index contributed by atoms with van der Waals surface area (Å²) in [5.74, 6) is 0. The van der Waals surface area contributed by atoms with Crippen molar-refractivity contribution in [2.45, 2.75) is 6.42 Å². The minimum absolute atomic E-state index is 0.741. The van der Waals surface area contributed by atoms with E-state index in [4.69, 9.17) is 11.5 Å². The summed E-state index contributed by atoms with van der Waals surface area (Å²) in [6, 6.07) is 20.4. The van der Waals surface area contributed by atoms with Gasteiger partial charge < -0.3 is 11.5 Å². The molecule has 0 unspecified atom stereocenters. The maximum absolute atomic E-state index is 6.04. The molecule has 3 aromatic carbocycles. The minimum atomic E-state index is 0.741. The molecule has 2 heteroatoms. The molecule has 0 aromatic heterocycles. The molecule has 0 saturated carbocycles. The van der Waals surface area contributed by atoms with Crippen molar-refractivity contribution in [3.63, 3.8) is 0 Å². The first-order chi connectivity index (χ1) is 9.25. The molecule has 0 saturated heterocycles. The van der Waals surface area contributed by atoms with Gasteiger partial charge in [-0.3, -0.25) is 0 Å². The van der Waals surface area contributed by atoms with Gasteiger partial charge in [0.25, 0.3) is 0 Å². The third-order valence-electron chi connectivity index (χ3n) is 3.43. The number of anilines is 2.